The van der Waals surface area contributed by atoms with Gasteiger partial charge in [-0.25, -0.2) is 9.67 Å². The molecule has 8 heteroatoms. The normalized spacial score (nSPS) is 10.9. The summed E-state index contributed by atoms with van der Waals surface area (Å²) in [6.45, 7) is 1.80. The number of aromatic nitrogens is 3. The van der Waals surface area contributed by atoms with Crippen molar-refractivity contribution in [3.63, 3.8) is 0 Å². The fraction of sp³-hybridized carbons (Fsp3) is 0.0500. The highest BCUT2D eigenvalue weighted by Crippen LogP contribution is 2.39. The highest BCUT2D eigenvalue weighted by molar-refractivity contribution is 6.30. The molecule has 0 amide bonds. The van der Waals surface area contributed by atoms with Crippen LogP contribution in [-0.2, 0) is 0 Å². The summed E-state index contributed by atoms with van der Waals surface area (Å²) in [6.07, 6.45) is 0. The van der Waals surface area contributed by atoms with Crippen molar-refractivity contribution in [3.8, 4) is 34.4 Å². The van der Waals surface area contributed by atoms with E-state index in [9.17, 15) is 15.5 Å². The lowest BCUT2D eigenvalue weighted by Gasteiger charge is -2.11. The van der Waals surface area contributed by atoms with Crippen LogP contribution in [-0.4, -0.2) is 25.0 Å². The van der Waals surface area contributed by atoms with Crippen LogP contribution >= 0.6 is 11.6 Å². The number of nitrogens with two attached hydrogens (primary N) is 1. The molecule has 0 unspecified atom stereocenters. The van der Waals surface area contributed by atoms with Gasteiger partial charge in [-0.3, -0.25) is 0 Å². The summed E-state index contributed by atoms with van der Waals surface area (Å²) < 4.78 is 1.63. The lowest BCUT2D eigenvalue weighted by atomic mass is 9.96. The molecule has 2 heterocycles. The highest BCUT2D eigenvalue weighted by atomic mass is 35.5. The van der Waals surface area contributed by atoms with Gasteiger partial charge in [0.05, 0.1) is 16.8 Å². The van der Waals surface area contributed by atoms with Crippen molar-refractivity contribution in [1.82, 2.24) is 14.8 Å². The number of nitrogen functional groups attached to an aromatic ring is 1. The van der Waals surface area contributed by atoms with Crippen LogP contribution in [0.3, 0.4) is 0 Å². The molecule has 0 fully saturated rings. The van der Waals surface area contributed by atoms with E-state index in [0.29, 0.717) is 32.9 Å². The number of nitriles is 1. The molecule has 4 rings (SSSR count). The summed E-state index contributed by atoms with van der Waals surface area (Å²) in [5.41, 5.74) is 9.11. The SMILES string of the molecule is Cc1nn(-c2ccc(Cl)cc2)c2nc(N)c(C#N)c(-c3ccc(O)c(O)c3)c12. The van der Waals surface area contributed by atoms with Gasteiger partial charge in [-0.2, -0.15) is 10.4 Å². The van der Waals surface area contributed by atoms with E-state index >= 15 is 0 Å². The molecular formula is C20H14ClN5O2. The number of phenols is 2. The Morgan fingerprint density at radius 3 is 2.46 bits per heavy atom. The van der Waals surface area contributed by atoms with E-state index in [0.717, 1.165) is 5.69 Å². The Balaban J connectivity index is 2.10. The van der Waals surface area contributed by atoms with Gasteiger partial charge < -0.3 is 15.9 Å². The summed E-state index contributed by atoms with van der Waals surface area (Å²) in [7, 11) is 0. The number of aromatic hydroxyl groups is 2. The predicted molar refractivity (Wildman–Crippen MR) is 107 cm³/mol. The van der Waals surface area contributed by atoms with Gasteiger partial charge in [0.15, 0.2) is 17.1 Å². The zero-order chi connectivity index (χ0) is 20.0. The van der Waals surface area contributed by atoms with Crippen LogP contribution in [0.4, 0.5) is 5.82 Å². The molecule has 0 radical (unpaired) electrons. The van der Waals surface area contributed by atoms with E-state index in [1.807, 2.05) is 0 Å². The van der Waals surface area contributed by atoms with Gasteiger partial charge in [-0.1, -0.05) is 17.7 Å². The van der Waals surface area contributed by atoms with Crippen LogP contribution in [0, 0.1) is 18.3 Å². The quantitative estimate of drug-likeness (QED) is 0.445. The van der Waals surface area contributed by atoms with Crippen LogP contribution in [0.15, 0.2) is 42.5 Å². The minimum Gasteiger partial charge on any atom is -0.504 e. The number of benzene rings is 2. The lowest BCUT2D eigenvalue weighted by molar-refractivity contribution is 0.404. The predicted octanol–water partition coefficient (Wildman–Crippen LogP) is 3.91. The van der Waals surface area contributed by atoms with Crippen molar-refractivity contribution in [2.45, 2.75) is 6.92 Å². The van der Waals surface area contributed by atoms with Gasteiger partial charge in [-0.05, 0) is 48.9 Å². The van der Waals surface area contributed by atoms with Crippen LogP contribution in [0.2, 0.25) is 5.02 Å². The van der Waals surface area contributed by atoms with E-state index in [2.05, 4.69) is 16.2 Å². The Labute approximate surface area is 164 Å². The molecule has 2 aromatic carbocycles. The third kappa shape index (κ3) is 2.68. The third-order valence-electron chi connectivity index (χ3n) is 4.47. The number of rotatable bonds is 2. The molecule has 0 spiro atoms. The molecule has 28 heavy (non-hydrogen) atoms. The van der Waals surface area contributed by atoms with Crippen molar-refractivity contribution in [2.75, 3.05) is 5.73 Å². The monoisotopic (exact) mass is 391 g/mol. The average Bonchev–Trinajstić information content (AvgIpc) is 2.99. The zero-order valence-corrected chi connectivity index (χ0v) is 15.4. The molecule has 0 atom stereocenters. The molecule has 0 aliphatic heterocycles. The second kappa shape index (κ2) is 6.44. The minimum atomic E-state index is -0.298. The maximum atomic E-state index is 9.93. The molecule has 4 N–H and O–H groups in total. The fourth-order valence-corrected chi connectivity index (χ4v) is 3.30. The second-order valence-corrected chi connectivity index (χ2v) is 6.67. The number of hydrogen-bond donors (Lipinski definition) is 3. The van der Waals surface area contributed by atoms with Crippen LogP contribution < -0.4 is 5.73 Å². The summed E-state index contributed by atoms with van der Waals surface area (Å²) in [4.78, 5) is 4.40. The lowest BCUT2D eigenvalue weighted by Crippen LogP contribution is -2.02. The number of halogens is 1. The maximum absolute atomic E-state index is 9.93. The van der Waals surface area contributed by atoms with Crippen LogP contribution in [0.1, 0.15) is 11.3 Å². The second-order valence-electron chi connectivity index (χ2n) is 6.23. The Kier molecular flexibility index (Phi) is 4.06. The van der Waals surface area contributed by atoms with Gasteiger partial charge in [0.1, 0.15) is 17.5 Å². The Bertz CT molecular complexity index is 1270. The van der Waals surface area contributed by atoms with Crippen molar-refractivity contribution in [3.05, 3.63) is 58.7 Å². The van der Waals surface area contributed by atoms with Crippen molar-refractivity contribution >= 4 is 28.5 Å². The number of fused-ring (bicyclic) bond motifs is 1. The first kappa shape index (κ1) is 17.6. The largest absolute Gasteiger partial charge is 0.504 e. The topological polar surface area (TPSA) is 121 Å². The first-order valence-corrected chi connectivity index (χ1v) is 8.65. The van der Waals surface area contributed by atoms with Gasteiger partial charge in [0, 0.05) is 10.6 Å². The summed E-state index contributed by atoms with van der Waals surface area (Å²) >= 11 is 5.97. The summed E-state index contributed by atoms with van der Waals surface area (Å²) in [5.74, 6) is -0.505. The number of nitrogens with zero attached hydrogens (tertiary/aromatic N) is 4. The van der Waals surface area contributed by atoms with E-state index < -0.39 is 0 Å². The molecule has 0 saturated carbocycles. The number of aryl methyl sites for hydroxylation is 1. The zero-order valence-electron chi connectivity index (χ0n) is 14.7. The third-order valence-corrected chi connectivity index (χ3v) is 4.72. The Morgan fingerprint density at radius 2 is 1.82 bits per heavy atom. The van der Waals surface area contributed by atoms with Crippen molar-refractivity contribution in [1.29, 1.82) is 5.26 Å². The van der Waals surface area contributed by atoms with Gasteiger partial charge >= 0.3 is 0 Å². The standard InChI is InChI=1S/C20H14ClN5O2/c1-10-17-18(11-2-7-15(27)16(28)8-11)14(9-22)19(23)24-20(17)26(25-10)13-5-3-12(21)4-6-13/h2-8,27-28H,1H3,(H2,23,24). The number of hydrogen-bond acceptors (Lipinski definition) is 6. The molecule has 0 aliphatic rings. The van der Waals surface area contributed by atoms with E-state index in [-0.39, 0.29) is 22.9 Å². The van der Waals surface area contributed by atoms with Gasteiger partial charge in [-0.15, -0.1) is 0 Å². The molecular weight excluding hydrogens is 378 g/mol. The van der Waals surface area contributed by atoms with Crippen LogP contribution in [0.5, 0.6) is 11.5 Å². The molecule has 7 nitrogen and oxygen atoms in total. The van der Waals surface area contributed by atoms with Crippen molar-refractivity contribution in [2.24, 2.45) is 0 Å². The van der Waals surface area contributed by atoms with E-state index in [1.54, 1.807) is 41.9 Å². The summed E-state index contributed by atoms with van der Waals surface area (Å²) in [5, 5.41) is 35.0. The van der Waals surface area contributed by atoms with Crippen molar-refractivity contribution < 1.29 is 10.2 Å². The number of anilines is 1. The fourth-order valence-electron chi connectivity index (χ4n) is 3.18. The van der Waals surface area contributed by atoms with Gasteiger partial charge in [0.2, 0.25) is 0 Å². The Hall–Kier alpha value is -3.76. The molecule has 0 aliphatic carbocycles. The first-order valence-electron chi connectivity index (χ1n) is 8.28. The number of phenolic OH excluding ortho intramolecular Hbond substituents is 2. The van der Waals surface area contributed by atoms with E-state index in [4.69, 9.17) is 17.3 Å². The molecule has 4 aromatic rings. The van der Waals surface area contributed by atoms with Crippen LogP contribution in [0.25, 0.3) is 27.8 Å². The number of pyridine rings is 1. The molecule has 0 bridgehead atoms. The maximum Gasteiger partial charge on any atom is 0.166 e. The van der Waals surface area contributed by atoms with E-state index in [1.165, 1.54) is 12.1 Å². The molecule has 2 aromatic heterocycles. The summed E-state index contributed by atoms with van der Waals surface area (Å²) in [6, 6.07) is 13.5. The average molecular weight is 392 g/mol. The molecule has 138 valence electrons. The molecule has 0 saturated heterocycles. The highest BCUT2D eigenvalue weighted by Gasteiger charge is 2.22. The smallest absolute Gasteiger partial charge is 0.166 e. The minimum absolute atomic E-state index is 0.0488. The first-order chi connectivity index (χ1) is 13.4. The van der Waals surface area contributed by atoms with Gasteiger partial charge in [0.25, 0.3) is 0 Å². The Morgan fingerprint density at radius 1 is 1.11 bits per heavy atom.